The van der Waals surface area contributed by atoms with Crippen LogP contribution in [0.1, 0.15) is 29.3 Å². The maximum Gasteiger partial charge on any atom is 0.225 e. The van der Waals surface area contributed by atoms with Crippen LogP contribution in [0.2, 0.25) is 0 Å². The highest BCUT2D eigenvalue weighted by atomic mass is 32.2. The number of rotatable bonds is 7. The summed E-state index contributed by atoms with van der Waals surface area (Å²) in [4.78, 5) is 23.3. The maximum atomic E-state index is 12.1. The molecule has 24 heavy (non-hydrogen) atoms. The first-order chi connectivity index (χ1) is 11.4. The van der Waals surface area contributed by atoms with E-state index in [2.05, 4.69) is 5.32 Å². The van der Waals surface area contributed by atoms with E-state index in [1.165, 1.54) is 6.92 Å². The van der Waals surface area contributed by atoms with Crippen LogP contribution in [-0.4, -0.2) is 25.9 Å². The van der Waals surface area contributed by atoms with Crippen molar-refractivity contribution in [1.29, 1.82) is 0 Å². The average Bonchev–Trinajstić information content (AvgIpc) is 2.54. The number of carbonyl (C=O) groups excluding carboxylic acids is 2. The predicted octanol–water partition coefficient (Wildman–Crippen LogP) is 2.83. The van der Waals surface area contributed by atoms with Gasteiger partial charge in [-0.25, -0.2) is 8.42 Å². The molecule has 0 saturated heterocycles. The van der Waals surface area contributed by atoms with E-state index in [1.807, 2.05) is 6.07 Å². The van der Waals surface area contributed by atoms with Gasteiger partial charge in [-0.15, -0.1) is 0 Å². The van der Waals surface area contributed by atoms with Gasteiger partial charge in [0.25, 0.3) is 0 Å². The van der Waals surface area contributed by atoms with E-state index in [0.717, 1.165) is 0 Å². The number of nitrogens with one attached hydrogen (secondary N) is 1. The Labute approximate surface area is 141 Å². The fourth-order valence-electron chi connectivity index (χ4n) is 2.19. The summed E-state index contributed by atoms with van der Waals surface area (Å²) in [7, 11) is -3.36. The molecule has 1 amide bonds. The SMILES string of the molecule is CC(=O)c1cccc(NC(=O)CCS(=O)(=O)Cc2ccccc2)c1. The second-order valence-corrected chi connectivity index (χ2v) is 7.70. The normalized spacial score (nSPS) is 11.0. The molecule has 0 aliphatic carbocycles. The highest BCUT2D eigenvalue weighted by Crippen LogP contribution is 2.12. The number of amides is 1. The molecule has 2 aromatic carbocycles. The van der Waals surface area contributed by atoms with E-state index in [9.17, 15) is 18.0 Å². The van der Waals surface area contributed by atoms with Crippen LogP contribution in [-0.2, 0) is 20.4 Å². The Morgan fingerprint density at radius 1 is 1.00 bits per heavy atom. The molecule has 126 valence electrons. The summed E-state index contributed by atoms with van der Waals surface area (Å²) in [5.41, 5.74) is 1.67. The fraction of sp³-hybridized carbons (Fsp3) is 0.222. The van der Waals surface area contributed by atoms with Crippen LogP contribution in [0.4, 0.5) is 5.69 Å². The summed E-state index contributed by atoms with van der Waals surface area (Å²) in [6.07, 6.45) is -0.126. The lowest BCUT2D eigenvalue weighted by atomic mass is 10.1. The molecule has 0 atom stereocenters. The minimum Gasteiger partial charge on any atom is -0.326 e. The standard InChI is InChI=1S/C18H19NO4S/c1-14(20)16-8-5-9-17(12-16)19-18(21)10-11-24(22,23)13-15-6-3-2-4-7-15/h2-9,12H,10-11,13H2,1H3,(H,19,21). The van der Waals surface area contributed by atoms with E-state index in [4.69, 9.17) is 0 Å². The number of anilines is 1. The smallest absolute Gasteiger partial charge is 0.225 e. The van der Waals surface area contributed by atoms with Crippen molar-refractivity contribution in [2.45, 2.75) is 19.1 Å². The van der Waals surface area contributed by atoms with Gasteiger partial charge in [-0.3, -0.25) is 9.59 Å². The van der Waals surface area contributed by atoms with Crippen molar-refractivity contribution in [1.82, 2.24) is 0 Å². The minimum absolute atomic E-state index is 0.0824. The Morgan fingerprint density at radius 2 is 1.71 bits per heavy atom. The first-order valence-corrected chi connectivity index (χ1v) is 9.33. The molecule has 2 aromatic rings. The van der Waals surface area contributed by atoms with Gasteiger partial charge in [0.05, 0.1) is 11.5 Å². The minimum atomic E-state index is -3.36. The summed E-state index contributed by atoms with van der Waals surface area (Å²) in [5, 5.41) is 2.62. The van der Waals surface area contributed by atoms with E-state index in [-0.39, 0.29) is 23.7 Å². The Bertz CT molecular complexity index is 829. The van der Waals surface area contributed by atoms with Crippen molar-refractivity contribution >= 4 is 27.2 Å². The van der Waals surface area contributed by atoms with Gasteiger partial charge in [-0.05, 0) is 24.6 Å². The lowest BCUT2D eigenvalue weighted by Crippen LogP contribution is -2.18. The van der Waals surface area contributed by atoms with Gasteiger partial charge >= 0.3 is 0 Å². The third kappa shape index (κ3) is 5.62. The zero-order chi connectivity index (χ0) is 17.6. The third-order valence-electron chi connectivity index (χ3n) is 3.42. The number of benzene rings is 2. The van der Waals surface area contributed by atoms with Gasteiger partial charge in [-0.2, -0.15) is 0 Å². The quantitative estimate of drug-likeness (QED) is 0.783. The van der Waals surface area contributed by atoms with Crippen LogP contribution in [0.25, 0.3) is 0 Å². The number of hydrogen-bond donors (Lipinski definition) is 1. The third-order valence-corrected chi connectivity index (χ3v) is 5.02. The Hall–Kier alpha value is -2.47. The predicted molar refractivity (Wildman–Crippen MR) is 93.6 cm³/mol. The van der Waals surface area contributed by atoms with Crippen molar-refractivity contribution in [3.05, 3.63) is 65.7 Å². The summed E-state index contributed by atoms with van der Waals surface area (Å²) in [5.74, 6) is -0.801. The first-order valence-electron chi connectivity index (χ1n) is 7.51. The molecule has 2 rings (SSSR count). The van der Waals surface area contributed by atoms with Crippen LogP contribution in [0.3, 0.4) is 0 Å². The summed E-state index contributed by atoms with van der Waals surface area (Å²) in [6, 6.07) is 15.4. The molecule has 0 spiro atoms. The highest BCUT2D eigenvalue weighted by Gasteiger charge is 2.15. The van der Waals surface area contributed by atoms with E-state index >= 15 is 0 Å². The van der Waals surface area contributed by atoms with Gasteiger partial charge in [0.2, 0.25) is 5.91 Å². The topological polar surface area (TPSA) is 80.3 Å². The first kappa shape index (κ1) is 17.9. The van der Waals surface area contributed by atoms with Crippen LogP contribution < -0.4 is 5.32 Å². The zero-order valence-corrected chi connectivity index (χ0v) is 14.2. The fourth-order valence-corrected chi connectivity index (χ4v) is 3.53. The molecular weight excluding hydrogens is 326 g/mol. The summed E-state index contributed by atoms with van der Waals surface area (Å²) < 4.78 is 24.2. The van der Waals surface area contributed by atoms with Crippen LogP contribution in [0.5, 0.6) is 0 Å². The number of ketones is 1. The second kappa shape index (κ2) is 7.88. The van der Waals surface area contributed by atoms with Crippen LogP contribution in [0.15, 0.2) is 54.6 Å². The van der Waals surface area contributed by atoms with Crippen molar-refractivity contribution in [2.75, 3.05) is 11.1 Å². The molecule has 0 aliphatic heterocycles. The van der Waals surface area contributed by atoms with E-state index in [0.29, 0.717) is 16.8 Å². The molecule has 0 saturated carbocycles. The molecule has 0 fully saturated rings. The number of hydrogen-bond acceptors (Lipinski definition) is 4. The Kier molecular flexibility index (Phi) is 5.87. The maximum absolute atomic E-state index is 12.1. The van der Waals surface area contributed by atoms with Gasteiger partial charge in [-0.1, -0.05) is 42.5 Å². The van der Waals surface area contributed by atoms with Gasteiger partial charge in [0.15, 0.2) is 15.6 Å². The van der Waals surface area contributed by atoms with E-state index < -0.39 is 15.7 Å². The molecule has 6 heteroatoms. The van der Waals surface area contributed by atoms with Crippen molar-refractivity contribution in [3.8, 4) is 0 Å². The lowest BCUT2D eigenvalue weighted by Gasteiger charge is -2.07. The molecule has 0 bridgehead atoms. The van der Waals surface area contributed by atoms with Crippen LogP contribution >= 0.6 is 0 Å². The molecule has 0 heterocycles. The van der Waals surface area contributed by atoms with E-state index in [1.54, 1.807) is 48.5 Å². The molecule has 0 aromatic heterocycles. The van der Waals surface area contributed by atoms with Crippen molar-refractivity contribution in [2.24, 2.45) is 0 Å². The zero-order valence-electron chi connectivity index (χ0n) is 13.4. The number of carbonyl (C=O) groups is 2. The lowest BCUT2D eigenvalue weighted by molar-refractivity contribution is -0.115. The van der Waals surface area contributed by atoms with Crippen molar-refractivity contribution < 1.29 is 18.0 Å². The van der Waals surface area contributed by atoms with Gasteiger partial charge in [0.1, 0.15) is 0 Å². The second-order valence-electron chi connectivity index (χ2n) is 5.51. The van der Waals surface area contributed by atoms with Gasteiger partial charge < -0.3 is 5.32 Å². The number of sulfone groups is 1. The monoisotopic (exact) mass is 345 g/mol. The molecule has 0 aliphatic rings. The average molecular weight is 345 g/mol. The summed E-state index contributed by atoms with van der Waals surface area (Å²) >= 11 is 0. The highest BCUT2D eigenvalue weighted by molar-refractivity contribution is 7.90. The molecule has 1 N–H and O–H groups in total. The van der Waals surface area contributed by atoms with Crippen molar-refractivity contribution in [3.63, 3.8) is 0 Å². The largest absolute Gasteiger partial charge is 0.326 e. The molecular formula is C18H19NO4S. The molecule has 5 nitrogen and oxygen atoms in total. The Morgan fingerprint density at radius 3 is 2.38 bits per heavy atom. The Balaban J connectivity index is 1.91. The molecule has 0 unspecified atom stereocenters. The number of Topliss-reactive ketones (excluding diaryl/α,β-unsaturated/α-hetero) is 1. The summed E-state index contributed by atoms with van der Waals surface area (Å²) in [6.45, 7) is 1.44. The molecule has 0 radical (unpaired) electrons. The van der Waals surface area contributed by atoms with Crippen LogP contribution in [0, 0.1) is 0 Å². The van der Waals surface area contributed by atoms with Gasteiger partial charge in [0, 0.05) is 17.7 Å².